The van der Waals surface area contributed by atoms with Gasteiger partial charge < -0.3 is 9.47 Å². The van der Waals surface area contributed by atoms with E-state index >= 15 is 0 Å². The zero-order valence-electron chi connectivity index (χ0n) is 14.0. The standard InChI is InChI=1S/C17H21N3O4S/c1-14-7-8-17(19-18-14)24-16-9-10-20(13-16)25(21,22)12-11-23-15-5-3-2-4-6-15/h2-8,16H,9-13H2,1H3/t16-/m1/s1. The summed E-state index contributed by atoms with van der Waals surface area (Å²) in [6.07, 6.45) is 0.427. The fourth-order valence-electron chi connectivity index (χ4n) is 2.58. The minimum absolute atomic E-state index is 0.0566. The quantitative estimate of drug-likeness (QED) is 0.744. The number of benzene rings is 1. The van der Waals surface area contributed by atoms with Gasteiger partial charge >= 0.3 is 0 Å². The van der Waals surface area contributed by atoms with Crippen LogP contribution in [0.4, 0.5) is 0 Å². The lowest BCUT2D eigenvalue weighted by Crippen LogP contribution is -2.34. The second-order valence-corrected chi connectivity index (χ2v) is 7.97. The Hall–Kier alpha value is -2.19. The molecule has 1 atom stereocenters. The number of hydrogen-bond donors (Lipinski definition) is 0. The van der Waals surface area contributed by atoms with Crippen molar-refractivity contribution in [2.24, 2.45) is 0 Å². The van der Waals surface area contributed by atoms with E-state index in [1.54, 1.807) is 18.2 Å². The molecule has 7 nitrogen and oxygen atoms in total. The molecule has 2 aromatic rings. The van der Waals surface area contributed by atoms with Crippen LogP contribution >= 0.6 is 0 Å². The predicted molar refractivity (Wildman–Crippen MR) is 93.1 cm³/mol. The van der Waals surface area contributed by atoms with Crippen LogP contribution in [-0.2, 0) is 10.0 Å². The molecule has 0 spiro atoms. The molecule has 0 aliphatic carbocycles. The van der Waals surface area contributed by atoms with Gasteiger partial charge in [0, 0.05) is 12.6 Å². The third-order valence-electron chi connectivity index (χ3n) is 3.92. The number of ether oxygens (including phenoxy) is 2. The third-order valence-corrected chi connectivity index (χ3v) is 5.72. The minimum Gasteiger partial charge on any atom is -0.492 e. The lowest BCUT2D eigenvalue weighted by atomic mass is 10.3. The fourth-order valence-corrected chi connectivity index (χ4v) is 3.91. The lowest BCUT2D eigenvalue weighted by Gasteiger charge is -2.17. The van der Waals surface area contributed by atoms with Crippen molar-refractivity contribution in [2.75, 3.05) is 25.4 Å². The number of nitrogens with zero attached hydrogens (tertiary/aromatic N) is 3. The summed E-state index contributed by atoms with van der Waals surface area (Å²) >= 11 is 0. The first-order valence-corrected chi connectivity index (χ1v) is 9.76. The number of aromatic nitrogens is 2. The van der Waals surface area contributed by atoms with Crippen molar-refractivity contribution in [2.45, 2.75) is 19.4 Å². The highest BCUT2D eigenvalue weighted by Gasteiger charge is 2.32. The van der Waals surface area contributed by atoms with E-state index in [0.29, 0.717) is 31.1 Å². The van der Waals surface area contributed by atoms with E-state index in [9.17, 15) is 8.42 Å². The van der Waals surface area contributed by atoms with Crippen molar-refractivity contribution in [1.82, 2.24) is 14.5 Å². The molecule has 3 rings (SSSR count). The summed E-state index contributed by atoms with van der Waals surface area (Å²) in [6, 6.07) is 12.7. The van der Waals surface area contributed by atoms with Crippen LogP contribution in [0.5, 0.6) is 11.6 Å². The molecule has 0 amide bonds. The van der Waals surface area contributed by atoms with Crippen LogP contribution in [0, 0.1) is 6.92 Å². The molecule has 1 saturated heterocycles. The average molecular weight is 363 g/mol. The third kappa shape index (κ3) is 4.90. The smallest absolute Gasteiger partial charge is 0.233 e. The molecule has 0 bridgehead atoms. The number of para-hydroxylation sites is 1. The Morgan fingerprint density at radius 1 is 1.16 bits per heavy atom. The van der Waals surface area contributed by atoms with Gasteiger partial charge in [0.05, 0.1) is 18.0 Å². The van der Waals surface area contributed by atoms with Gasteiger partial charge in [0.25, 0.3) is 0 Å². The zero-order valence-corrected chi connectivity index (χ0v) is 14.9. The highest BCUT2D eigenvalue weighted by atomic mass is 32.2. The Labute approximate surface area is 147 Å². The second kappa shape index (κ2) is 7.79. The SMILES string of the molecule is Cc1ccc(O[C@@H]2CCN(S(=O)(=O)CCOc3ccccc3)C2)nn1. The number of rotatable bonds is 7. The summed E-state index contributed by atoms with van der Waals surface area (Å²) in [7, 11) is -3.37. The van der Waals surface area contributed by atoms with Crippen molar-refractivity contribution < 1.29 is 17.9 Å². The maximum atomic E-state index is 12.4. The molecule has 0 N–H and O–H groups in total. The summed E-state index contributed by atoms with van der Waals surface area (Å²) < 4.78 is 37.5. The first-order valence-electron chi connectivity index (χ1n) is 8.15. The molecule has 1 aliphatic rings. The van der Waals surface area contributed by atoms with Crippen LogP contribution in [0.3, 0.4) is 0 Å². The van der Waals surface area contributed by atoms with Crippen LogP contribution in [0.2, 0.25) is 0 Å². The van der Waals surface area contributed by atoms with E-state index in [-0.39, 0.29) is 18.5 Å². The van der Waals surface area contributed by atoms with Gasteiger partial charge in [-0.3, -0.25) is 0 Å². The van der Waals surface area contributed by atoms with Crippen LogP contribution < -0.4 is 9.47 Å². The Morgan fingerprint density at radius 3 is 2.68 bits per heavy atom. The van der Waals surface area contributed by atoms with Gasteiger partial charge in [-0.15, -0.1) is 5.10 Å². The number of aryl methyl sites for hydroxylation is 1. The van der Waals surface area contributed by atoms with Crippen LogP contribution in [0.25, 0.3) is 0 Å². The van der Waals surface area contributed by atoms with Crippen LogP contribution in [-0.4, -0.2) is 54.5 Å². The van der Waals surface area contributed by atoms with Crippen LogP contribution in [0.15, 0.2) is 42.5 Å². The molecule has 0 radical (unpaired) electrons. The highest BCUT2D eigenvalue weighted by molar-refractivity contribution is 7.89. The van der Waals surface area contributed by atoms with E-state index in [1.165, 1.54) is 4.31 Å². The molecule has 0 unspecified atom stereocenters. The first-order chi connectivity index (χ1) is 12.0. The predicted octanol–water partition coefficient (Wildman–Crippen LogP) is 1.65. The van der Waals surface area contributed by atoms with E-state index in [4.69, 9.17) is 9.47 Å². The molecule has 134 valence electrons. The van der Waals surface area contributed by atoms with Crippen molar-refractivity contribution >= 4 is 10.0 Å². The molecule has 1 aromatic carbocycles. The number of sulfonamides is 1. The summed E-state index contributed by atoms with van der Waals surface area (Å²) in [5, 5.41) is 7.89. The first kappa shape index (κ1) is 17.6. The minimum atomic E-state index is -3.37. The molecular weight excluding hydrogens is 342 g/mol. The van der Waals surface area contributed by atoms with Gasteiger partial charge in [0.2, 0.25) is 15.9 Å². The van der Waals surface area contributed by atoms with E-state index in [1.807, 2.05) is 31.2 Å². The number of hydrogen-bond acceptors (Lipinski definition) is 6. The monoisotopic (exact) mass is 363 g/mol. The van der Waals surface area contributed by atoms with E-state index in [0.717, 1.165) is 5.69 Å². The van der Waals surface area contributed by atoms with Gasteiger partial charge in [0.1, 0.15) is 18.5 Å². The zero-order chi connectivity index (χ0) is 17.7. The average Bonchev–Trinajstić information content (AvgIpc) is 3.07. The van der Waals surface area contributed by atoms with Gasteiger partial charge in [-0.25, -0.2) is 8.42 Å². The fraction of sp³-hybridized carbons (Fsp3) is 0.412. The lowest BCUT2D eigenvalue weighted by molar-refractivity contribution is 0.204. The largest absolute Gasteiger partial charge is 0.492 e. The highest BCUT2D eigenvalue weighted by Crippen LogP contribution is 2.19. The summed E-state index contributed by atoms with van der Waals surface area (Å²) in [4.78, 5) is 0. The van der Waals surface area contributed by atoms with E-state index < -0.39 is 10.0 Å². The summed E-state index contributed by atoms with van der Waals surface area (Å²) in [5.41, 5.74) is 0.807. The van der Waals surface area contributed by atoms with Gasteiger partial charge in [0.15, 0.2) is 0 Å². The van der Waals surface area contributed by atoms with Crippen molar-refractivity contribution in [1.29, 1.82) is 0 Å². The van der Waals surface area contributed by atoms with Crippen molar-refractivity contribution in [3.63, 3.8) is 0 Å². The maximum Gasteiger partial charge on any atom is 0.233 e. The molecule has 1 fully saturated rings. The topological polar surface area (TPSA) is 81.6 Å². The Balaban J connectivity index is 1.49. The van der Waals surface area contributed by atoms with E-state index in [2.05, 4.69) is 10.2 Å². The molecule has 25 heavy (non-hydrogen) atoms. The van der Waals surface area contributed by atoms with Crippen molar-refractivity contribution in [3.05, 3.63) is 48.2 Å². The second-order valence-electron chi connectivity index (χ2n) is 5.88. The Morgan fingerprint density at radius 2 is 1.96 bits per heavy atom. The normalized spacial score (nSPS) is 18.2. The van der Waals surface area contributed by atoms with Gasteiger partial charge in [-0.05, 0) is 31.5 Å². The van der Waals surface area contributed by atoms with Gasteiger partial charge in [-0.1, -0.05) is 18.2 Å². The summed E-state index contributed by atoms with van der Waals surface area (Å²) in [5.74, 6) is 1.03. The van der Waals surface area contributed by atoms with Crippen LogP contribution in [0.1, 0.15) is 12.1 Å². The maximum absolute atomic E-state index is 12.4. The molecular formula is C17H21N3O4S. The van der Waals surface area contributed by atoms with Gasteiger partial charge in [-0.2, -0.15) is 9.40 Å². The Kier molecular flexibility index (Phi) is 5.50. The Bertz CT molecular complexity index is 781. The summed E-state index contributed by atoms with van der Waals surface area (Å²) in [6.45, 7) is 2.73. The van der Waals surface area contributed by atoms with Crippen molar-refractivity contribution in [3.8, 4) is 11.6 Å². The molecule has 8 heteroatoms. The molecule has 0 saturated carbocycles. The molecule has 2 heterocycles. The molecule has 1 aliphatic heterocycles. The molecule has 1 aromatic heterocycles.